The highest BCUT2D eigenvalue weighted by Crippen LogP contribution is 2.40. The van der Waals surface area contributed by atoms with Crippen molar-refractivity contribution in [2.24, 2.45) is 10.9 Å². The molecule has 0 radical (unpaired) electrons. The van der Waals surface area contributed by atoms with Crippen LogP contribution in [0.2, 0.25) is 0 Å². The molecule has 124 valence electrons. The van der Waals surface area contributed by atoms with E-state index in [4.69, 9.17) is 13.9 Å². The maximum atomic E-state index is 12.4. The molecule has 0 saturated carbocycles. The molecule has 0 bridgehead atoms. The lowest BCUT2D eigenvalue weighted by atomic mass is 9.78. The number of hydrogen-bond donors (Lipinski definition) is 0. The lowest BCUT2D eigenvalue weighted by Gasteiger charge is -2.29. The highest BCUT2D eigenvalue weighted by atomic mass is 16.5. The van der Waals surface area contributed by atoms with Crippen molar-refractivity contribution in [2.45, 2.75) is 33.6 Å². The van der Waals surface area contributed by atoms with E-state index in [0.717, 1.165) is 0 Å². The molecule has 1 aromatic rings. The second-order valence-electron chi connectivity index (χ2n) is 5.40. The minimum Gasteiger partial charge on any atom is -0.466 e. The highest BCUT2D eigenvalue weighted by molar-refractivity contribution is 6.06. The summed E-state index contributed by atoms with van der Waals surface area (Å²) in [4.78, 5) is 29.1. The third-order valence-electron chi connectivity index (χ3n) is 3.84. The van der Waals surface area contributed by atoms with Gasteiger partial charge in [-0.1, -0.05) is 0 Å². The Hall–Kier alpha value is -2.37. The molecule has 2 atom stereocenters. The normalized spacial score (nSPS) is 21.0. The number of carbonyl (C=O) groups excluding carboxylic acids is 2. The van der Waals surface area contributed by atoms with Gasteiger partial charge in [0.1, 0.15) is 17.4 Å². The third kappa shape index (κ3) is 3.21. The van der Waals surface area contributed by atoms with E-state index in [0.29, 0.717) is 28.5 Å². The van der Waals surface area contributed by atoms with E-state index in [-0.39, 0.29) is 6.61 Å². The maximum Gasteiger partial charge on any atom is 0.336 e. The smallest absolute Gasteiger partial charge is 0.336 e. The molecule has 0 amide bonds. The molecule has 1 aliphatic heterocycles. The van der Waals surface area contributed by atoms with Crippen molar-refractivity contribution in [3.8, 4) is 0 Å². The molecule has 6 nitrogen and oxygen atoms in total. The molecule has 23 heavy (non-hydrogen) atoms. The molecule has 1 aromatic heterocycles. The number of ether oxygens (including phenoxy) is 2. The maximum absolute atomic E-state index is 12.4. The van der Waals surface area contributed by atoms with Crippen LogP contribution in [-0.2, 0) is 19.1 Å². The fourth-order valence-electron chi connectivity index (χ4n) is 2.88. The number of esters is 2. The molecule has 0 aromatic carbocycles. The van der Waals surface area contributed by atoms with Crippen LogP contribution in [0.25, 0.3) is 0 Å². The van der Waals surface area contributed by atoms with E-state index < -0.39 is 23.8 Å². The number of aliphatic imine (C=N–C) groups is 1. The van der Waals surface area contributed by atoms with Crippen molar-refractivity contribution < 1.29 is 23.5 Å². The lowest BCUT2D eigenvalue weighted by Crippen LogP contribution is -2.36. The van der Waals surface area contributed by atoms with Gasteiger partial charge in [0, 0.05) is 11.4 Å². The monoisotopic (exact) mass is 319 g/mol. The van der Waals surface area contributed by atoms with Gasteiger partial charge in [-0.15, -0.1) is 0 Å². The Kier molecular flexibility index (Phi) is 5.03. The molecular weight excluding hydrogens is 298 g/mol. The first-order valence-corrected chi connectivity index (χ1v) is 7.47. The second kappa shape index (κ2) is 6.81. The van der Waals surface area contributed by atoms with E-state index in [9.17, 15) is 9.59 Å². The van der Waals surface area contributed by atoms with Gasteiger partial charge >= 0.3 is 11.9 Å². The summed E-state index contributed by atoms with van der Waals surface area (Å²) in [5.74, 6) is -1.04. The quantitative estimate of drug-likeness (QED) is 0.797. The average molecular weight is 319 g/mol. The number of carbonyl (C=O) groups is 2. The van der Waals surface area contributed by atoms with Crippen molar-refractivity contribution in [1.29, 1.82) is 0 Å². The van der Waals surface area contributed by atoms with Gasteiger partial charge in [0.05, 0.1) is 25.2 Å². The van der Waals surface area contributed by atoms with Crippen molar-refractivity contribution in [2.75, 3.05) is 13.7 Å². The predicted molar refractivity (Wildman–Crippen MR) is 84.1 cm³/mol. The Labute approximate surface area is 135 Å². The summed E-state index contributed by atoms with van der Waals surface area (Å²) < 4.78 is 15.8. The zero-order valence-corrected chi connectivity index (χ0v) is 14.0. The summed E-state index contributed by atoms with van der Waals surface area (Å²) in [7, 11) is 1.30. The molecule has 1 unspecified atom stereocenters. The highest BCUT2D eigenvalue weighted by Gasteiger charge is 2.43. The summed E-state index contributed by atoms with van der Waals surface area (Å²) >= 11 is 0. The first-order valence-electron chi connectivity index (χ1n) is 7.47. The molecule has 0 N–H and O–H groups in total. The van der Waals surface area contributed by atoms with E-state index in [2.05, 4.69) is 4.99 Å². The zero-order valence-electron chi connectivity index (χ0n) is 14.0. The van der Waals surface area contributed by atoms with Gasteiger partial charge in [0.25, 0.3) is 0 Å². The van der Waals surface area contributed by atoms with Crippen LogP contribution in [-0.4, -0.2) is 31.4 Å². The lowest BCUT2D eigenvalue weighted by molar-refractivity contribution is -0.146. The number of nitrogens with zero attached hydrogens (tertiary/aromatic N) is 1. The zero-order chi connectivity index (χ0) is 17.1. The molecule has 2 rings (SSSR count). The molecular formula is C17H21NO5. The number of methoxy groups -OCH3 is 1. The topological polar surface area (TPSA) is 78.1 Å². The molecule has 0 aliphatic carbocycles. The Morgan fingerprint density at radius 1 is 1.26 bits per heavy atom. The fraction of sp³-hybridized carbons (Fsp3) is 0.471. The van der Waals surface area contributed by atoms with Gasteiger partial charge in [0.2, 0.25) is 0 Å². The predicted octanol–water partition coefficient (Wildman–Crippen LogP) is 2.77. The number of furan rings is 1. The third-order valence-corrected chi connectivity index (χ3v) is 3.84. The van der Waals surface area contributed by atoms with Gasteiger partial charge < -0.3 is 13.9 Å². The summed E-state index contributed by atoms with van der Waals surface area (Å²) in [6.45, 7) is 7.27. The second-order valence-corrected chi connectivity index (χ2v) is 5.40. The summed E-state index contributed by atoms with van der Waals surface area (Å²) in [6, 6.07) is 3.56. The standard InChI is InChI=1S/C17H21NO5/c1-6-22-17(20)14-11(4)18-10(3)13(16(19)21-5)15(14)12-8-7-9(2)23-12/h7-8,14-15H,6H2,1-5H3/t14?,15-/m0/s1. The summed E-state index contributed by atoms with van der Waals surface area (Å²) in [6.07, 6.45) is 0. The fourth-order valence-corrected chi connectivity index (χ4v) is 2.88. The summed E-state index contributed by atoms with van der Waals surface area (Å²) in [5.41, 5.74) is 1.44. The van der Waals surface area contributed by atoms with E-state index in [1.807, 2.05) is 0 Å². The Bertz CT molecular complexity index is 683. The van der Waals surface area contributed by atoms with Crippen LogP contribution >= 0.6 is 0 Å². The minimum atomic E-state index is -0.710. The van der Waals surface area contributed by atoms with E-state index >= 15 is 0 Å². The van der Waals surface area contributed by atoms with Crippen molar-refractivity contribution in [1.82, 2.24) is 0 Å². The molecule has 6 heteroatoms. The summed E-state index contributed by atoms with van der Waals surface area (Å²) in [5, 5.41) is 0. The van der Waals surface area contributed by atoms with Crippen LogP contribution in [0, 0.1) is 12.8 Å². The Balaban J connectivity index is 2.60. The van der Waals surface area contributed by atoms with Gasteiger partial charge in [-0.25, -0.2) is 4.79 Å². The van der Waals surface area contributed by atoms with Gasteiger partial charge in [-0.05, 0) is 39.8 Å². The number of rotatable bonds is 4. The molecule has 2 heterocycles. The van der Waals surface area contributed by atoms with Crippen molar-refractivity contribution in [3.63, 3.8) is 0 Å². The van der Waals surface area contributed by atoms with Crippen LogP contribution in [0.15, 0.2) is 32.8 Å². The number of aryl methyl sites for hydroxylation is 1. The van der Waals surface area contributed by atoms with Gasteiger partial charge in [-0.2, -0.15) is 0 Å². The van der Waals surface area contributed by atoms with E-state index in [1.165, 1.54) is 7.11 Å². The molecule has 0 fully saturated rings. The van der Waals surface area contributed by atoms with Crippen LogP contribution in [0.1, 0.15) is 38.2 Å². The molecule has 1 aliphatic rings. The Morgan fingerprint density at radius 3 is 2.48 bits per heavy atom. The van der Waals surface area contributed by atoms with E-state index in [1.54, 1.807) is 39.8 Å². The number of allylic oxidation sites excluding steroid dienone is 1. The SMILES string of the molecule is CCOC(=O)C1C(C)=NC(C)=C(C(=O)OC)[C@@H]1c1ccc(C)o1. The molecule has 0 saturated heterocycles. The Morgan fingerprint density at radius 2 is 1.96 bits per heavy atom. The van der Waals surface area contributed by atoms with Crippen LogP contribution in [0.4, 0.5) is 0 Å². The first kappa shape index (κ1) is 17.0. The largest absolute Gasteiger partial charge is 0.466 e. The van der Waals surface area contributed by atoms with Crippen LogP contribution in [0.5, 0.6) is 0 Å². The minimum absolute atomic E-state index is 0.253. The van der Waals surface area contributed by atoms with Gasteiger partial charge in [0.15, 0.2) is 0 Å². The molecule has 0 spiro atoms. The van der Waals surface area contributed by atoms with Crippen LogP contribution < -0.4 is 0 Å². The van der Waals surface area contributed by atoms with Gasteiger partial charge in [-0.3, -0.25) is 9.79 Å². The number of hydrogen-bond acceptors (Lipinski definition) is 6. The van der Waals surface area contributed by atoms with Crippen LogP contribution in [0.3, 0.4) is 0 Å². The van der Waals surface area contributed by atoms with Crippen molar-refractivity contribution >= 4 is 17.7 Å². The van der Waals surface area contributed by atoms with Crippen molar-refractivity contribution in [3.05, 3.63) is 34.9 Å². The first-order chi connectivity index (χ1) is 10.9. The average Bonchev–Trinajstić information content (AvgIpc) is 2.92.